The Morgan fingerprint density at radius 1 is 0.780 bits per heavy atom. The molecule has 59 heavy (non-hydrogen) atoms. The molecule has 2 aliphatic rings. The van der Waals surface area contributed by atoms with Crippen LogP contribution in [0.2, 0.25) is 0 Å². The fraction of sp³-hybridized carbons (Fsp3) is 0.366. The van der Waals surface area contributed by atoms with E-state index in [2.05, 4.69) is 20.3 Å². The fourth-order valence-corrected chi connectivity index (χ4v) is 7.69. The standard InChI is InChI=1S/C41H38F9N7O2/c1-24(2)59-38(58)56-25(3)16-35(33-20-29(39(42,43)44)14-15-34(33)56)55(21-26-17-30(40(45,46)47)19-31(18-26)41(48,49)50)37-51-53-57(52-37)32-22-54(23-32)36(27-10-6-4-7-11-27)28-12-8-5-9-13-28/h4-15,17-20,24-25,32,35-36H,16,21-23H2,1-3H3/t25-,35+/m1/s1. The lowest BCUT2D eigenvalue weighted by atomic mass is 9.89. The number of aromatic nitrogens is 4. The van der Waals surface area contributed by atoms with Gasteiger partial charge in [0.25, 0.3) is 5.95 Å². The van der Waals surface area contributed by atoms with Gasteiger partial charge in [-0.25, -0.2) is 4.79 Å². The third kappa shape index (κ3) is 8.87. The van der Waals surface area contributed by atoms with Crippen molar-refractivity contribution in [1.29, 1.82) is 0 Å². The maximum atomic E-state index is 14.2. The lowest BCUT2D eigenvalue weighted by Crippen LogP contribution is -2.50. The minimum absolute atomic E-state index is 0.00528. The Morgan fingerprint density at radius 3 is 1.86 bits per heavy atom. The molecular formula is C41H38F9N7O2. The average molecular weight is 832 g/mol. The lowest BCUT2D eigenvalue weighted by molar-refractivity contribution is -0.143. The van der Waals surface area contributed by atoms with E-state index in [1.165, 1.54) is 14.6 Å². The maximum Gasteiger partial charge on any atom is 0.416 e. The number of amides is 1. The summed E-state index contributed by atoms with van der Waals surface area (Å²) < 4.78 is 132. The van der Waals surface area contributed by atoms with Crippen molar-refractivity contribution >= 4 is 17.7 Å². The Labute approximate surface area is 333 Å². The van der Waals surface area contributed by atoms with E-state index in [-0.39, 0.29) is 41.8 Å². The second-order valence-electron chi connectivity index (χ2n) is 15.0. The van der Waals surface area contributed by atoms with Crippen LogP contribution in [0.3, 0.4) is 0 Å². The third-order valence-electron chi connectivity index (χ3n) is 10.4. The summed E-state index contributed by atoms with van der Waals surface area (Å²) in [6, 6.07) is 20.8. The second-order valence-corrected chi connectivity index (χ2v) is 15.0. The highest BCUT2D eigenvalue weighted by atomic mass is 19.4. The van der Waals surface area contributed by atoms with Gasteiger partial charge in [-0.3, -0.25) is 9.80 Å². The Morgan fingerprint density at radius 2 is 1.34 bits per heavy atom. The molecule has 0 unspecified atom stereocenters. The predicted octanol–water partition coefficient (Wildman–Crippen LogP) is 10.3. The summed E-state index contributed by atoms with van der Waals surface area (Å²) in [7, 11) is 0. The molecule has 1 fully saturated rings. The monoisotopic (exact) mass is 831 g/mol. The summed E-state index contributed by atoms with van der Waals surface area (Å²) in [4.78, 5) is 19.2. The number of anilines is 2. The molecule has 2 atom stereocenters. The number of rotatable bonds is 9. The van der Waals surface area contributed by atoms with Crippen molar-refractivity contribution in [2.24, 2.45) is 0 Å². The summed E-state index contributed by atoms with van der Waals surface area (Å²) in [5.74, 6) is -0.254. The number of carbonyl (C=O) groups is 1. The van der Waals surface area contributed by atoms with E-state index < -0.39 is 71.6 Å². The van der Waals surface area contributed by atoms with Crippen molar-refractivity contribution in [3.05, 3.63) is 136 Å². The number of nitrogens with zero attached hydrogens (tertiary/aromatic N) is 7. The van der Waals surface area contributed by atoms with Crippen molar-refractivity contribution in [2.45, 2.75) is 82.5 Å². The van der Waals surface area contributed by atoms with Gasteiger partial charge in [0.1, 0.15) is 0 Å². The van der Waals surface area contributed by atoms with Crippen molar-refractivity contribution in [3.63, 3.8) is 0 Å². The van der Waals surface area contributed by atoms with Gasteiger partial charge in [0.2, 0.25) is 0 Å². The summed E-state index contributed by atoms with van der Waals surface area (Å²) >= 11 is 0. The summed E-state index contributed by atoms with van der Waals surface area (Å²) in [6.45, 7) is 4.94. The van der Waals surface area contributed by atoms with Crippen molar-refractivity contribution in [1.82, 2.24) is 25.1 Å². The van der Waals surface area contributed by atoms with Crippen LogP contribution in [0.25, 0.3) is 0 Å². The quantitative estimate of drug-likeness (QED) is 0.137. The zero-order valence-electron chi connectivity index (χ0n) is 31.8. The van der Waals surface area contributed by atoms with Gasteiger partial charge >= 0.3 is 24.6 Å². The van der Waals surface area contributed by atoms with Crippen LogP contribution < -0.4 is 9.80 Å². The number of ether oxygens (including phenoxy) is 1. The molecule has 312 valence electrons. The number of benzene rings is 4. The van der Waals surface area contributed by atoms with Crippen molar-refractivity contribution in [2.75, 3.05) is 22.9 Å². The number of halogens is 9. The van der Waals surface area contributed by atoms with Gasteiger partial charge in [-0.2, -0.15) is 44.3 Å². The molecule has 2 aliphatic heterocycles. The molecular weight excluding hydrogens is 793 g/mol. The zero-order valence-corrected chi connectivity index (χ0v) is 31.8. The minimum atomic E-state index is -5.17. The largest absolute Gasteiger partial charge is 0.446 e. The van der Waals surface area contributed by atoms with E-state index in [0.29, 0.717) is 25.2 Å². The number of fused-ring (bicyclic) bond motifs is 1. The van der Waals surface area contributed by atoms with E-state index in [9.17, 15) is 44.3 Å². The molecule has 7 rings (SSSR count). The van der Waals surface area contributed by atoms with Gasteiger partial charge in [0.15, 0.2) is 0 Å². The van der Waals surface area contributed by atoms with E-state index >= 15 is 0 Å². The lowest BCUT2D eigenvalue weighted by Gasteiger charge is -2.44. The number of alkyl halides is 9. The number of hydrogen-bond acceptors (Lipinski definition) is 7. The molecule has 0 radical (unpaired) electrons. The summed E-state index contributed by atoms with van der Waals surface area (Å²) in [5.41, 5.74) is -2.72. The number of hydrogen-bond donors (Lipinski definition) is 0. The van der Waals surface area contributed by atoms with Crippen molar-refractivity contribution < 1.29 is 49.0 Å². The number of carbonyl (C=O) groups excluding carboxylic acids is 1. The molecule has 4 aromatic carbocycles. The van der Waals surface area contributed by atoms with Crippen LogP contribution in [0.1, 0.15) is 84.3 Å². The number of likely N-dealkylation sites (tertiary alicyclic amines) is 1. The Kier molecular flexibility index (Phi) is 11.1. The highest BCUT2D eigenvalue weighted by molar-refractivity contribution is 5.90. The molecule has 0 aliphatic carbocycles. The zero-order chi connectivity index (χ0) is 42.4. The fourth-order valence-electron chi connectivity index (χ4n) is 7.69. The molecule has 1 amide bonds. The maximum absolute atomic E-state index is 14.2. The van der Waals surface area contributed by atoms with Gasteiger partial charge in [-0.1, -0.05) is 65.8 Å². The topological polar surface area (TPSA) is 79.6 Å². The molecule has 0 bridgehead atoms. The van der Waals surface area contributed by atoms with Crippen LogP contribution in [0.5, 0.6) is 0 Å². The smallest absolute Gasteiger partial charge is 0.416 e. The highest BCUT2D eigenvalue weighted by Crippen LogP contribution is 2.46. The SMILES string of the molecule is CC(C)OC(=O)N1c2ccc(C(F)(F)F)cc2[C@@H](N(Cc2cc(C(F)(F)F)cc(C(F)(F)F)c2)c2nnn(C3CN(C(c4ccccc4)c4ccccc4)C3)n2)C[C@H]1C. The number of tetrazole rings is 1. The van der Waals surface area contributed by atoms with E-state index in [0.717, 1.165) is 29.3 Å². The molecule has 0 spiro atoms. The Balaban J connectivity index is 1.30. The van der Waals surface area contributed by atoms with E-state index in [1.54, 1.807) is 20.8 Å². The van der Waals surface area contributed by atoms with Gasteiger partial charge < -0.3 is 9.64 Å². The molecule has 5 aromatic rings. The van der Waals surface area contributed by atoms with E-state index in [4.69, 9.17) is 4.74 Å². The normalized spacial score (nSPS) is 17.9. The highest BCUT2D eigenvalue weighted by Gasteiger charge is 2.43. The van der Waals surface area contributed by atoms with Gasteiger partial charge in [0.05, 0.1) is 46.6 Å². The van der Waals surface area contributed by atoms with Crippen LogP contribution in [0.15, 0.2) is 97.1 Å². The van der Waals surface area contributed by atoms with Crippen LogP contribution in [-0.4, -0.2) is 56.4 Å². The molecule has 1 aromatic heterocycles. The molecule has 1 saturated heterocycles. The van der Waals surface area contributed by atoms with Crippen molar-refractivity contribution in [3.8, 4) is 0 Å². The first-order valence-electron chi connectivity index (χ1n) is 18.7. The van der Waals surface area contributed by atoms with Crippen LogP contribution in [0.4, 0.5) is 55.9 Å². The van der Waals surface area contributed by atoms with Gasteiger partial charge in [-0.15, -0.1) is 5.10 Å². The van der Waals surface area contributed by atoms with Crippen LogP contribution in [0, 0.1) is 0 Å². The summed E-state index contributed by atoms with van der Waals surface area (Å²) in [6.07, 6.45) is -16.8. The Hall–Kier alpha value is -5.65. The average Bonchev–Trinajstić information content (AvgIpc) is 3.63. The molecule has 0 saturated carbocycles. The van der Waals surface area contributed by atoms with Gasteiger partial charge in [0, 0.05) is 25.7 Å². The second kappa shape index (κ2) is 15.8. The molecule has 0 N–H and O–H groups in total. The first-order chi connectivity index (χ1) is 27.8. The molecule has 3 heterocycles. The molecule has 18 heteroatoms. The van der Waals surface area contributed by atoms with Crippen LogP contribution >= 0.6 is 0 Å². The first kappa shape index (κ1) is 41.5. The predicted molar refractivity (Wildman–Crippen MR) is 198 cm³/mol. The first-order valence-corrected chi connectivity index (χ1v) is 18.7. The van der Waals surface area contributed by atoms with Gasteiger partial charge in [-0.05, 0) is 91.1 Å². The third-order valence-corrected chi connectivity index (χ3v) is 10.4. The molecule has 9 nitrogen and oxygen atoms in total. The minimum Gasteiger partial charge on any atom is -0.446 e. The van der Waals surface area contributed by atoms with Crippen LogP contribution in [-0.2, 0) is 29.8 Å². The van der Waals surface area contributed by atoms with E-state index in [1.807, 2.05) is 60.7 Å². The Bertz CT molecular complexity index is 2190. The summed E-state index contributed by atoms with van der Waals surface area (Å²) in [5, 5.41) is 13.0.